The minimum atomic E-state index is -0.00156. The van der Waals surface area contributed by atoms with Crippen molar-refractivity contribution in [1.29, 1.82) is 0 Å². The van der Waals surface area contributed by atoms with E-state index in [1.54, 1.807) is 19.0 Å². The maximum absolute atomic E-state index is 11.8. The summed E-state index contributed by atoms with van der Waals surface area (Å²) in [5, 5.41) is 0.736. The SMILES string of the molecule is CN=C1S/C(=C\C=C\c2ccccc2)C(=O)N1C. The van der Waals surface area contributed by atoms with Crippen molar-refractivity contribution >= 4 is 28.9 Å². The van der Waals surface area contributed by atoms with Gasteiger partial charge in [-0.25, -0.2) is 0 Å². The maximum Gasteiger partial charge on any atom is 0.266 e. The minimum absolute atomic E-state index is 0.00156. The molecule has 2 rings (SSSR count). The highest BCUT2D eigenvalue weighted by atomic mass is 32.2. The van der Waals surface area contributed by atoms with Crippen molar-refractivity contribution in [1.82, 2.24) is 4.90 Å². The van der Waals surface area contributed by atoms with Crippen molar-refractivity contribution in [2.24, 2.45) is 4.99 Å². The van der Waals surface area contributed by atoms with Gasteiger partial charge in [0.05, 0.1) is 4.91 Å². The molecular weight excluding hydrogens is 244 g/mol. The van der Waals surface area contributed by atoms with Gasteiger partial charge in [0.15, 0.2) is 5.17 Å². The number of amidine groups is 1. The molecule has 1 aliphatic rings. The summed E-state index contributed by atoms with van der Waals surface area (Å²) in [6.07, 6.45) is 5.69. The summed E-state index contributed by atoms with van der Waals surface area (Å²) in [5.74, 6) is -0.00156. The predicted molar refractivity (Wildman–Crippen MR) is 77.3 cm³/mol. The second-order valence-electron chi connectivity index (χ2n) is 3.77. The van der Waals surface area contributed by atoms with Gasteiger partial charge in [0.1, 0.15) is 0 Å². The average Bonchev–Trinajstić information content (AvgIpc) is 2.68. The number of carbonyl (C=O) groups excluding carboxylic acids is 1. The summed E-state index contributed by atoms with van der Waals surface area (Å²) in [6, 6.07) is 9.98. The second-order valence-corrected chi connectivity index (χ2v) is 4.78. The maximum atomic E-state index is 11.8. The molecule has 0 saturated carbocycles. The fourth-order valence-electron chi connectivity index (χ4n) is 1.57. The van der Waals surface area contributed by atoms with Crippen molar-refractivity contribution in [3.63, 3.8) is 0 Å². The number of aliphatic imine (C=N–C) groups is 1. The number of hydrogen-bond acceptors (Lipinski definition) is 3. The normalized spacial score (nSPS) is 20.6. The van der Waals surface area contributed by atoms with E-state index in [1.807, 2.05) is 48.6 Å². The zero-order valence-corrected chi connectivity index (χ0v) is 11.1. The van der Waals surface area contributed by atoms with Crippen LogP contribution >= 0.6 is 11.8 Å². The van der Waals surface area contributed by atoms with E-state index < -0.39 is 0 Å². The highest BCUT2D eigenvalue weighted by Crippen LogP contribution is 2.29. The van der Waals surface area contributed by atoms with Crippen LogP contribution in [0.3, 0.4) is 0 Å². The van der Waals surface area contributed by atoms with E-state index in [2.05, 4.69) is 4.99 Å². The molecule has 18 heavy (non-hydrogen) atoms. The van der Waals surface area contributed by atoms with Gasteiger partial charge in [-0.2, -0.15) is 0 Å². The molecule has 1 fully saturated rings. The Balaban J connectivity index is 2.12. The van der Waals surface area contributed by atoms with Gasteiger partial charge in [0.25, 0.3) is 5.91 Å². The monoisotopic (exact) mass is 258 g/mol. The fourth-order valence-corrected chi connectivity index (χ4v) is 2.45. The second kappa shape index (κ2) is 5.69. The molecule has 1 heterocycles. The summed E-state index contributed by atoms with van der Waals surface area (Å²) in [5.41, 5.74) is 1.11. The van der Waals surface area contributed by atoms with Crippen LogP contribution in [0.4, 0.5) is 0 Å². The first-order valence-electron chi connectivity index (χ1n) is 5.58. The van der Waals surface area contributed by atoms with Crippen molar-refractivity contribution in [3.8, 4) is 0 Å². The zero-order chi connectivity index (χ0) is 13.0. The van der Waals surface area contributed by atoms with Crippen LogP contribution in [0, 0.1) is 0 Å². The van der Waals surface area contributed by atoms with Crippen molar-refractivity contribution in [2.45, 2.75) is 0 Å². The van der Waals surface area contributed by atoms with Gasteiger partial charge in [-0.1, -0.05) is 42.5 Å². The van der Waals surface area contributed by atoms with E-state index in [4.69, 9.17) is 0 Å². The van der Waals surface area contributed by atoms with E-state index >= 15 is 0 Å². The molecule has 0 bridgehead atoms. The van der Waals surface area contributed by atoms with E-state index in [0.717, 1.165) is 10.7 Å². The van der Waals surface area contributed by atoms with Gasteiger partial charge in [0, 0.05) is 14.1 Å². The third-order valence-corrected chi connectivity index (χ3v) is 3.70. The lowest BCUT2D eigenvalue weighted by Gasteiger charge is -2.04. The fraction of sp³-hybridized carbons (Fsp3) is 0.143. The van der Waals surface area contributed by atoms with E-state index in [1.165, 1.54) is 11.8 Å². The Morgan fingerprint density at radius 2 is 2.00 bits per heavy atom. The molecule has 1 aromatic carbocycles. The number of rotatable bonds is 2. The van der Waals surface area contributed by atoms with Crippen LogP contribution in [0.25, 0.3) is 6.08 Å². The van der Waals surface area contributed by atoms with Crippen LogP contribution in [0.5, 0.6) is 0 Å². The number of likely N-dealkylation sites (N-methyl/N-ethyl adjacent to an activating group) is 1. The number of allylic oxidation sites excluding steroid dienone is 2. The molecule has 0 atom stereocenters. The lowest BCUT2D eigenvalue weighted by molar-refractivity contribution is -0.121. The van der Waals surface area contributed by atoms with Crippen molar-refractivity contribution in [2.75, 3.05) is 14.1 Å². The largest absolute Gasteiger partial charge is 0.290 e. The van der Waals surface area contributed by atoms with Gasteiger partial charge in [-0.3, -0.25) is 14.7 Å². The first-order chi connectivity index (χ1) is 8.72. The van der Waals surface area contributed by atoms with Gasteiger partial charge >= 0.3 is 0 Å². The van der Waals surface area contributed by atoms with Crippen LogP contribution in [-0.4, -0.2) is 30.1 Å². The molecule has 1 saturated heterocycles. The molecule has 4 heteroatoms. The van der Waals surface area contributed by atoms with Crippen molar-refractivity contribution in [3.05, 3.63) is 53.0 Å². The van der Waals surface area contributed by atoms with E-state index in [-0.39, 0.29) is 5.91 Å². The summed E-state index contributed by atoms with van der Waals surface area (Å²) in [6.45, 7) is 0. The molecule has 0 aromatic heterocycles. The minimum Gasteiger partial charge on any atom is -0.290 e. The first kappa shape index (κ1) is 12.6. The Labute approximate surface area is 111 Å². The summed E-state index contributed by atoms with van der Waals surface area (Å²) < 4.78 is 0. The van der Waals surface area contributed by atoms with Crippen LogP contribution in [0.15, 0.2) is 52.4 Å². The van der Waals surface area contributed by atoms with Crippen LogP contribution in [-0.2, 0) is 4.79 Å². The molecule has 1 amide bonds. The van der Waals surface area contributed by atoms with Gasteiger partial charge in [-0.15, -0.1) is 0 Å². The number of hydrogen-bond donors (Lipinski definition) is 0. The van der Waals surface area contributed by atoms with Gasteiger partial charge in [0.2, 0.25) is 0 Å². The Hall–Kier alpha value is -1.81. The molecule has 1 aromatic rings. The van der Waals surface area contributed by atoms with E-state index in [9.17, 15) is 4.79 Å². The molecule has 1 aliphatic heterocycles. The summed E-state index contributed by atoms with van der Waals surface area (Å²) >= 11 is 1.40. The van der Waals surface area contributed by atoms with Gasteiger partial charge in [-0.05, 0) is 23.4 Å². The highest BCUT2D eigenvalue weighted by molar-refractivity contribution is 8.18. The lowest BCUT2D eigenvalue weighted by atomic mass is 10.2. The smallest absolute Gasteiger partial charge is 0.266 e. The number of amides is 1. The van der Waals surface area contributed by atoms with Crippen LogP contribution in [0.2, 0.25) is 0 Å². The molecule has 0 N–H and O–H groups in total. The number of carbonyl (C=O) groups is 1. The standard InChI is InChI=1S/C14H14N2OS/c1-15-14-16(2)13(17)12(18-14)10-6-9-11-7-4-3-5-8-11/h3-10H,1-2H3/b9-6+,12-10-,15-14?. The zero-order valence-electron chi connectivity index (χ0n) is 10.3. The molecule has 0 spiro atoms. The molecule has 92 valence electrons. The van der Waals surface area contributed by atoms with Crippen molar-refractivity contribution < 1.29 is 4.79 Å². The molecule has 0 unspecified atom stereocenters. The van der Waals surface area contributed by atoms with Crippen LogP contribution < -0.4 is 0 Å². The highest BCUT2D eigenvalue weighted by Gasteiger charge is 2.28. The first-order valence-corrected chi connectivity index (χ1v) is 6.40. The Kier molecular flexibility index (Phi) is 3.99. The molecule has 0 aliphatic carbocycles. The summed E-state index contributed by atoms with van der Waals surface area (Å²) in [7, 11) is 3.42. The Bertz CT molecular complexity index is 532. The summed E-state index contributed by atoms with van der Waals surface area (Å²) in [4.78, 5) is 18.2. The predicted octanol–water partition coefficient (Wildman–Crippen LogP) is 2.77. The third-order valence-electron chi connectivity index (χ3n) is 2.53. The topological polar surface area (TPSA) is 32.7 Å². The number of nitrogens with zero attached hydrogens (tertiary/aromatic N) is 2. The quantitative estimate of drug-likeness (QED) is 0.764. The molecular formula is C14H14N2OS. The Morgan fingerprint density at radius 1 is 1.28 bits per heavy atom. The third kappa shape index (κ3) is 2.71. The average molecular weight is 258 g/mol. The van der Waals surface area contributed by atoms with Crippen LogP contribution in [0.1, 0.15) is 5.56 Å². The number of benzene rings is 1. The Morgan fingerprint density at radius 3 is 2.61 bits per heavy atom. The molecule has 3 nitrogen and oxygen atoms in total. The lowest BCUT2D eigenvalue weighted by Crippen LogP contribution is -2.23. The number of thioether (sulfide) groups is 1. The van der Waals surface area contributed by atoms with Gasteiger partial charge < -0.3 is 0 Å². The van der Waals surface area contributed by atoms with E-state index in [0.29, 0.717) is 4.91 Å². The molecule has 0 radical (unpaired) electrons.